The molecule has 78 valence electrons. The standard InChI is InChI=1S/C11H9Br2NS/c12-10(9-6-11(13)15-7-9)5-8-1-3-14-4-2-8/h1-4,6-7,10H,5H2. The average molecular weight is 347 g/mol. The fourth-order valence-electron chi connectivity index (χ4n) is 1.33. The molecule has 0 saturated carbocycles. The molecule has 0 spiro atoms. The van der Waals surface area contributed by atoms with Crippen LogP contribution in [0.2, 0.25) is 0 Å². The molecule has 1 atom stereocenters. The van der Waals surface area contributed by atoms with Crippen LogP contribution in [0.3, 0.4) is 0 Å². The first-order valence-corrected chi connectivity index (χ1v) is 7.11. The van der Waals surface area contributed by atoms with Crippen molar-refractivity contribution in [2.24, 2.45) is 0 Å². The molecule has 0 aromatic carbocycles. The van der Waals surface area contributed by atoms with E-state index < -0.39 is 0 Å². The summed E-state index contributed by atoms with van der Waals surface area (Å²) < 4.78 is 1.18. The molecule has 2 aromatic rings. The van der Waals surface area contributed by atoms with Gasteiger partial charge in [-0.1, -0.05) is 15.9 Å². The average Bonchev–Trinajstić information content (AvgIpc) is 2.66. The first-order valence-electron chi connectivity index (χ1n) is 4.52. The molecule has 2 heterocycles. The molecular weight excluding hydrogens is 338 g/mol. The molecule has 0 radical (unpaired) electrons. The van der Waals surface area contributed by atoms with Crippen molar-refractivity contribution < 1.29 is 0 Å². The van der Waals surface area contributed by atoms with Crippen LogP contribution < -0.4 is 0 Å². The Balaban J connectivity index is 2.07. The summed E-state index contributed by atoms with van der Waals surface area (Å²) in [5.74, 6) is 0. The van der Waals surface area contributed by atoms with Crippen LogP contribution in [0, 0.1) is 0 Å². The van der Waals surface area contributed by atoms with Gasteiger partial charge in [-0.2, -0.15) is 0 Å². The first kappa shape index (κ1) is 11.3. The summed E-state index contributed by atoms with van der Waals surface area (Å²) in [6.45, 7) is 0. The van der Waals surface area contributed by atoms with Crippen molar-refractivity contribution in [3.8, 4) is 0 Å². The van der Waals surface area contributed by atoms with Gasteiger partial charge >= 0.3 is 0 Å². The van der Waals surface area contributed by atoms with Crippen molar-refractivity contribution in [2.75, 3.05) is 0 Å². The Bertz CT molecular complexity index is 427. The van der Waals surface area contributed by atoms with Crippen molar-refractivity contribution in [3.05, 3.63) is 50.9 Å². The zero-order valence-electron chi connectivity index (χ0n) is 7.86. The summed E-state index contributed by atoms with van der Waals surface area (Å²) in [5.41, 5.74) is 2.62. The molecule has 0 aliphatic heterocycles. The van der Waals surface area contributed by atoms with Crippen LogP contribution in [0.4, 0.5) is 0 Å². The van der Waals surface area contributed by atoms with E-state index >= 15 is 0 Å². The minimum absolute atomic E-state index is 0.377. The number of hydrogen-bond donors (Lipinski definition) is 0. The Labute approximate surface area is 110 Å². The summed E-state index contributed by atoms with van der Waals surface area (Å²) in [6, 6.07) is 6.26. The lowest BCUT2D eigenvalue weighted by atomic mass is 10.1. The molecule has 15 heavy (non-hydrogen) atoms. The normalized spacial score (nSPS) is 12.7. The van der Waals surface area contributed by atoms with Crippen molar-refractivity contribution in [1.29, 1.82) is 0 Å². The maximum atomic E-state index is 4.01. The second-order valence-corrected chi connectivity index (χ2v) is 6.61. The van der Waals surface area contributed by atoms with Gasteiger partial charge in [0.2, 0.25) is 0 Å². The molecule has 1 nitrogen and oxygen atoms in total. The summed E-state index contributed by atoms with van der Waals surface area (Å²) in [4.78, 5) is 4.39. The van der Waals surface area contributed by atoms with Gasteiger partial charge in [-0.3, -0.25) is 4.98 Å². The number of aromatic nitrogens is 1. The van der Waals surface area contributed by atoms with E-state index in [9.17, 15) is 0 Å². The third-order valence-electron chi connectivity index (χ3n) is 2.11. The Kier molecular flexibility index (Phi) is 3.94. The van der Waals surface area contributed by atoms with Crippen LogP contribution in [0.1, 0.15) is 16.0 Å². The lowest BCUT2D eigenvalue weighted by molar-refractivity contribution is 0.949. The van der Waals surface area contributed by atoms with Crippen LogP contribution in [0.15, 0.2) is 39.8 Å². The predicted molar refractivity (Wildman–Crippen MR) is 71.6 cm³/mol. The summed E-state index contributed by atoms with van der Waals surface area (Å²) in [5, 5.41) is 2.17. The van der Waals surface area contributed by atoms with E-state index in [1.165, 1.54) is 14.9 Å². The molecule has 0 saturated heterocycles. The zero-order valence-corrected chi connectivity index (χ0v) is 11.8. The van der Waals surface area contributed by atoms with Gasteiger partial charge in [0.05, 0.1) is 3.79 Å². The molecule has 0 amide bonds. The molecule has 0 N–H and O–H groups in total. The second kappa shape index (κ2) is 5.23. The van der Waals surface area contributed by atoms with E-state index in [-0.39, 0.29) is 0 Å². The van der Waals surface area contributed by atoms with Crippen molar-refractivity contribution in [1.82, 2.24) is 4.98 Å². The molecule has 0 aliphatic rings. The number of rotatable bonds is 3. The van der Waals surface area contributed by atoms with E-state index in [2.05, 4.69) is 60.4 Å². The minimum atomic E-state index is 0.377. The van der Waals surface area contributed by atoms with E-state index in [1.54, 1.807) is 11.3 Å². The van der Waals surface area contributed by atoms with Gasteiger partial charge in [0.25, 0.3) is 0 Å². The molecule has 2 rings (SSSR count). The SMILES string of the molecule is Brc1cc(C(Br)Cc2ccncc2)cs1. The third kappa shape index (κ3) is 3.13. The highest BCUT2D eigenvalue weighted by Gasteiger charge is 2.09. The monoisotopic (exact) mass is 345 g/mol. The summed E-state index contributed by atoms with van der Waals surface area (Å²) >= 11 is 8.89. The van der Waals surface area contributed by atoms with Crippen molar-refractivity contribution >= 4 is 43.2 Å². The zero-order chi connectivity index (χ0) is 10.7. The number of nitrogens with zero attached hydrogens (tertiary/aromatic N) is 1. The quantitative estimate of drug-likeness (QED) is 0.741. The van der Waals surface area contributed by atoms with Crippen LogP contribution in [-0.4, -0.2) is 4.98 Å². The van der Waals surface area contributed by atoms with E-state index in [0.717, 1.165) is 6.42 Å². The number of thiophene rings is 1. The number of pyridine rings is 1. The van der Waals surface area contributed by atoms with Crippen LogP contribution in [-0.2, 0) is 6.42 Å². The summed E-state index contributed by atoms with van der Waals surface area (Å²) in [7, 11) is 0. The number of hydrogen-bond acceptors (Lipinski definition) is 2. The van der Waals surface area contributed by atoms with Gasteiger partial charge in [-0.05, 0) is 57.1 Å². The Morgan fingerprint density at radius 3 is 2.67 bits per heavy atom. The second-order valence-electron chi connectivity index (χ2n) is 3.21. The molecule has 0 fully saturated rings. The lowest BCUT2D eigenvalue weighted by Gasteiger charge is -2.07. The highest BCUT2D eigenvalue weighted by atomic mass is 79.9. The van der Waals surface area contributed by atoms with Crippen molar-refractivity contribution in [3.63, 3.8) is 0 Å². The highest BCUT2D eigenvalue weighted by Crippen LogP contribution is 2.32. The Hall–Kier alpha value is -0.190. The maximum Gasteiger partial charge on any atom is 0.0701 e. The Morgan fingerprint density at radius 2 is 2.07 bits per heavy atom. The molecule has 1 unspecified atom stereocenters. The van der Waals surface area contributed by atoms with E-state index in [0.29, 0.717) is 4.83 Å². The fourth-order valence-corrected chi connectivity index (χ4v) is 3.37. The van der Waals surface area contributed by atoms with E-state index in [4.69, 9.17) is 0 Å². The lowest BCUT2D eigenvalue weighted by Crippen LogP contribution is -1.93. The Morgan fingerprint density at radius 1 is 1.33 bits per heavy atom. The van der Waals surface area contributed by atoms with Crippen molar-refractivity contribution in [2.45, 2.75) is 11.2 Å². The van der Waals surface area contributed by atoms with Gasteiger partial charge in [-0.25, -0.2) is 0 Å². The topological polar surface area (TPSA) is 12.9 Å². The molecule has 0 bridgehead atoms. The maximum absolute atomic E-state index is 4.01. The first-order chi connectivity index (χ1) is 7.25. The fraction of sp³-hybridized carbons (Fsp3) is 0.182. The number of alkyl halides is 1. The van der Waals surface area contributed by atoms with Crippen LogP contribution >= 0.6 is 43.2 Å². The number of halogens is 2. The predicted octanol–water partition coefficient (Wildman–Crippen LogP) is 4.58. The minimum Gasteiger partial charge on any atom is -0.265 e. The van der Waals surface area contributed by atoms with Gasteiger partial charge in [0.15, 0.2) is 0 Å². The molecule has 2 aromatic heterocycles. The molecular formula is C11H9Br2NS. The van der Waals surface area contributed by atoms with Gasteiger partial charge in [0.1, 0.15) is 0 Å². The smallest absolute Gasteiger partial charge is 0.0701 e. The van der Waals surface area contributed by atoms with Gasteiger partial charge in [-0.15, -0.1) is 11.3 Å². The molecule has 0 aliphatic carbocycles. The van der Waals surface area contributed by atoms with Crippen LogP contribution in [0.5, 0.6) is 0 Å². The summed E-state index contributed by atoms with van der Waals surface area (Å²) in [6.07, 6.45) is 4.66. The largest absolute Gasteiger partial charge is 0.265 e. The van der Waals surface area contributed by atoms with Crippen LogP contribution in [0.25, 0.3) is 0 Å². The van der Waals surface area contributed by atoms with Gasteiger partial charge in [0, 0.05) is 17.2 Å². The highest BCUT2D eigenvalue weighted by molar-refractivity contribution is 9.11. The van der Waals surface area contributed by atoms with Gasteiger partial charge < -0.3 is 0 Å². The molecule has 4 heteroatoms. The third-order valence-corrected chi connectivity index (χ3v) is 4.49. The van der Waals surface area contributed by atoms with E-state index in [1.807, 2.05) is 12.4 Å².